The third kappa shape index (κ3) is 2.84. The number of H-pyrrole nitrogens is 1. The summed E-state index contributed by atoms with van der Waals surface area (Å²) in [5.41, 5.74) is -0.505. The quantitative estimate of drug-likeness (QED) is 0.743. The van der Waals surface area contributed by atoms with Crippen LogP contribution in [-0.4, -0.2) is 20.5 Å². The predicted molar refractivity (Wildman–Crippen MR) is 85.3 cm³/mol. The molecular formula is C16H10ClN3O3. The van der Waals surface area contributed by atoms with Crippen LogP contribution < -0.4 is 11.2 Å². The van der Waals surface area contributed by atoms with Gasteiger partial charge in [-0.1, -0.05) is 23.7 Å². The monoisotopic (exact) mass is 327 g/mol. The van der Waals surface area contributed by atoms with Gasteiger partial charge in [0, 0.05) is 16.1 Å². The zero-order valence-corrected chi connectivity index (χ0v) is 12.4. The first-order chi connectivity index (χ1) is 11.1. The highest BCUT2D eigenvalue weighted by Crippen LogP contribution is 2.18. The maximum absolute atomic E-state index is 12.7. The van der Waals surface area contributed by atoms with E-state index in [1.54, 1.807) is 42.5 Å². The third-order valence-electron chi connectivity index (χ3n) is 3.25. The lowest BCUT2D eigenvalue weighted by atomic mass is 10.0. The molecule has 0 saturated carbocycles. The molecule has 1 heterocycles. The minimum Gasteiger partial charge on any atom is -0.289 e. The number of carbonyl (C=O) groups excluding carboxylic acids is 1. The fourth-order valence-electron chi connectivity index (χ4n) is 2.20. The molecule has 2 aromatic carbocycles. The minimum absolute atomic E-state index is 0.195. The van der Waals surface area contributed by atoms with Crippen LogP contribution in [0.5, 0.6) is 0 Å². The molecule has 0 fully saturated rings. The summed E-state index contributed by atoms with van der Waals surface area (Å²) >= 11 is 5.82. The number of aromatic nitrogens is 3. The molecule has 0 bridgehead atoms. The molecular weight excluding hydrogens is 318 g/mol. The Hall–Kier alpha value is -2.99. The molecule has 0 atom stereocenters. The van der Waals surface area contributed by atoms with Gasteiger partial charge in [-0.25, -0.2) is 14.5 Å². The van der Waals surface area contributed by atoms with E-state index in [0.29, 0.717) is 10.6 Å². The van der Waals surface area contributed by atoms with Gasteiger partial charge in [-0.3, -0.25) is 9.59 Å². The standard InChI is InChI=1S/C16H10ClN3O3/c17-11-7-5-10(6-8-11)15(22)12-3-1-2-4-13(12)20-14(21)9-18-19-16(20)23/h1-9H,(H,19,23). The second kappa shape index (κ2) is 6.02. The molecule has 0 aliphatic rings. The lowest BCUT2D eigenvalue weighted by molar-refractivity contribution is 0.103. The number of nitrogens with zero attached hydrogens (tertiary/aromatic N) is 2. The maximum atomic E-state index is 12.7. The largest absolute Gasteiger partial charge is 0.349 e. The van der Waals surface area contributed by atoms with Crippen LogP contribution in [0.3, 0.4) is 0 Å². The average Bonchev–Trinajstić information content (AvgIpc) is 2.55. The summed E-state index contributed by atoms with van der Waals surface area (Å²) in [5, 5.41) is 6.13. The Morgan fingerprint density at radius 1 is 1.04 bits per heavy atom. The van der Waals surface area contributed by atoms with Gasteiger partial charge in [-0.15, -0.1) is 0 Å². The summed E-state index contributed by atoms with van der Waals surface area (Å²) in [7, 11) is 0. The third-order valence-corrected chi connectivity index (χ3v) is 3.51. The Balaban J connectivity index is 2.19. The highest BCUT2D eigenvalue weighted by molar-refractivity contribution is 6.30. The smallest absolute Gasteiger partial charge is 0.289 e. The lowest BCUT2D eigenvalue weighted by Crippen LogP contribution is -2.34. The number of hydrogen-bond acceptors (Lipinski definition) is 4. The van der Waals surface area contributed by atoms with Gasteiger partial charge in [0.25, 0.3) is 5.56 Å². The molecule has 3 rings (SSSR count). The molecule has 7 heteroatoms. The second-order valence-corrected chi connectivity index (χ2v) is 5.14. The minimum atomic E-state index is -0.714. The normalized spacial score (nSPS) is 10.5. The molecule has 114 valence electrons. The molecule has 0 aliphatic carbocycles. The van der Waals surface area contributed by atoms with Crippen molar-refractivity contribution in [1.29, 1.82) is 0 Å². The molecule has 0 aliphatic heterocycles. The number of hydrogen-bond donors (Lipinski definition) is 1. The number of ketones is 1. The molecule has 1 aromatic heterocycles. The summed E-state index contributed by atoms with van der Waals surface area (Å²) in [5.74, 6) is -0.319. The van der Waals surface area contributed by atoms with Gasteiger partial charge >= 0.3 is 5.69 Å². The first-order valence-corrected chi connectivity index (χ1v) is 7.02. The van der Waals surface area contributed by atoms with Gasteiger partial charge in [-0.2, -0.15) is 5.10 Å². The van der Waals surface area contributed by atoms with E-state index in [-0.39, 0.29) is 17.0 Å². The Bertz CT molecular complexity index is 962. The van der Waals surface area contributed by atoms with E-state index < -0.39 is 11.2 Å². The zero-order chi connectivity index (χ0) is 16.4. The molecule has 23 heavy (non-hydrogen) atoms. The van der Waals surface area contributed by atoms with Crippen molar-refractivity contribution in [3.63, 3.8) is 0 Å². The SMILES string of the molecule is O=C(c1ccc(Cl)cc1)c1ccccc1-n1c(=O)cn[nH]c1=O. The molecule has 6 nitrogen and oxygen atoms in total. The van der Waals surface area contributed by atoms with Gasteiger partial charge in [0.2, 0.25) is 0 Å². The van der Waals surface area contributed by atoms with Crippen LogP contribution in [-0.2, 0) is 0 Å². The van der Waals surface area contributed by atoms with E-state index in [4.69, 9.17) is 11.6 Å². The Morgan fingerprint density at radius 3 is 2.43 bits per heavy atom. The Morgan fingerprint density at radius 2 is 1.74 bits per heavy atom. The van der Waals surface area contributed by atoms with E-state index in [2.05, 4.69) is 10.2 Å². The van der Waals surface area contributed by atoms with Crippen molar-refractivity contribution < 1.29 is 4.79 Å². The maximum Gasteiger partial charge on any atom is 0.349 e. The van der Waals surface area contributed by atoms with Crippen molar-refractivity contribution >= 4 is 17.4 Å². The van der Waals surface area contributed by atoms with Gasteiger partial charge in [0.1, 0.15) is 6.20 Å². The number of nitrogens with one attached hydrogen (secondary N) is 1. The molecule has 0 saturated heterocycles. The number of para-hydroxylation sites is 1. The van der Waals surface area contributed by atoms with Crippen LogP contribution in [0.15, 0.2) is 64.3 Å². The van der Waals surface area contributed by atoms with Crippen LogP contribution >= 0.6 is 11.6 Å². The summed E-state index contributed by atoms with van der Waals surface area (Å²) in [4.78, 5) is 36.5. The number of benzene rings is 2. The van der Waals surface area contributed by atoms with Crippen molar-refractivity contribution in [3.05, 3.63) is 91.7 Å². The fraction of sp³-hybridized carbons (Fsp3) is 0. The van der Waals surface area contributed by atoms with Crippen molar-refractivity contribution in [1.82, 2.24) is 14.8 Å². The lowest BCUT2D eigenvalue weighted by Gasteiger charge is -2.09. The van der Waals surface area contributed by atoms with Crippen molar-refractivity contribution in [3.8, 4) is 5.69 Å². The van der Waals surface area contributed by atoms with Crippen LogP contribution in [0.4, 0.5) is 0 Å². The van der Waals surface area contributed by atoms with Gasteiger partial charge < -0.3 is 0 Å². The van der Waals surface area contributed by atoms with E-state index >= 15 is 0 Å². The first kappa shape index (κ1) is 14.9. The number of rotatable bonds is 3. The van der Waals surface area contributed by atoms with Crippen molar-refractivity contribution in [2.24, 2.45) is 0 Å². The molecule has 0 unspecified atom stereocenters. The summed E-state index contributed by atoms with van der Waals surface area (Å²) in [6.45, 7) is 0. The first-order valence-electron chi connectivity index (χ1n) is 6.64. The van der Waals surface area contributed by atoms with Crippen molar-refractivity contribution in [2.45, 2.75) is 0 Å². The van der Waals surface area contributed by atoms with Crippen molar-refractivity contribution in [2.75, 3.05) is 0 Å². The molecule has 0 radical (unpaired) electrons. The number of carbonyl (C=O) groups is 1. The van der Waals surface area contributed by atoms with Gasteiger partial charge in [-0.05, 0) is 36.4 Å². The summed E-state index contributed by atoms with van der Waals surface area (Å²) < 4.78 is 0.871. The fourth-order valence-corrected chi connectivity index (χ4v) is 2.32. The topological polar surface area (TPSA) is 84.8 Å². The van der Waals surface area contributed by atoms with Gasteiger partial charge in [0.05, 0.1) is 5.69 Å². The molecule has 3 aromatic rings. The van der Waals surface area contributed by atoms with Crippen LogP contribution in [0, 0.1) is 0 Å². The highest BCUT2D eigenvalue weighted by Gasteiger charge is 2.16. The molecule has 0 spiro atoms. The highest BCUT2D eigenvalue weighted by atomic mass is 35.5. The zero-order valence-electron chi connectivity index (χ0n) is 11.7. The van der Waals surface area contributed by atoms with E-state index in [1.165, 1.54) is 6.07 Å². The van der Waals surface area contributed by atoms with Gasteiger partial charge in [0.15, 0.2) is 5.78 Å². The Kier molecular flexibility index (Phi) is 3.91. The second-order valence-electron chi connectivity index (χ2n) is 4.70. The molecule has 0 amide bonds. The van der Waals surface area contributed by atoms with E-state index in [9.17, 15) is 14.4 Å². The summed E-state index contributed by atoms with van der Waals surface area (Å²) in [6, 6.07) is 12.7. The average molecular weight is 328 g/mol. The summed E-state index contributed by atoms with van der Waals surface area (Å²) in [6.07, 6.45) is 0.977. The Labute approximate surface area is 135 Å². The number of halogens is 1. The van der Waals surface area contributed by atoms with E-state index in [0.717, 1.165) is 10.8 Å². The van der Waals surface area contributed by atoms with Crippen LogP contribution in [0.2, 0.25) is 5.02 Å². The number of aromatic amines is 1. The molecule has 1 N–H and O–H groups in total. The van der Waals surface area contributed by atoms with Crippen LogP contribution in [0.1, 0.15) is 15.9 Å². The predicted octanol–water partition coefficient (Wildman–Crippen LogP) is 1.81. The van der Waals surface area contributed by atoms with Crippen LogP contribution in [0.25, 0.3) is 5.69 Å². The van der Waals surface area contributed by atoms with E-state index in [1.807, 2.05) is 0 Å².